The van der Waals surface area contributed by atoms with Crippen molar-refractivity contribution >= 4 is 11.6 Å². The van der Waals surface area contributed by atoms with Gasteiger partial charge < -0.3 is 5.32 Å². The van der Waals surface area contributed by atoms with Gasteiger partial charge in [0.15, 0.2) is 0 Å². The molecule has 112 valence electrons. The molecule has 1 N–H and O–H groups in total. The fourth-order valence-corrected chi connectivity index (χ4v) is 2.87. The third-order valence-electron chi connectivity index (χ3n) is 3.55. The molecule has 0 heterocycles. The van der Waals surface area contributed by atoms with E-state index in [1.807, 2.05) is 32.0 Å². The third-order valence-corrected chi connectivity index (χ3v) is 3.90. The van der Waals surface area contributed by atoms with Gasteiger partial charge in [-0.2, -0.15) is 0 Å². The van der Waals surface area contributed by atoms with Crippen LogP contribution in [-0.2, 0) is 6.42 Å². The van der Waals surface area contributed by atoms with Gasteiger partial charge in [-0.3, -0.25) is 0 Å². The van der Waals surface area contributed by atoms with E-state index in [4.69, 9.17) is 11.6 Å². The number of halogens is 2. The zero-order chi connectivity index (χ0) is 15.4. The van der Waals surface area contributed by atoms with Gasteiger partial charge in [0.1, 0.15) is 5.82 Å². The number of likely N-dealkylation sites (N-methyl/N-ethyl adjacent to an activating group) is 1. The monoisotopic (exact) mass is 305 g/mol. The van der Waals surface area contributed by atoms with E-state index in [1.165, 1.54) is 0 Å². The largest absolute Gasteiger partial charge is 0.310 e. The van der Waals surface area contributed by atoms with Crippen LogP contribution in [0.5, 0.6) is 0 Å². The summed E-state index contributed by atoms with van der Waals surface area (Å²) in [6.07, 6.45) is 0.746. The summed E-state index contributed by atoms with van der Waals surface area (Å²) in [4.78, 5) is 0. The van der Waals surface area contributed by atoms with Crippen molar-refractivity contribution in [2.45, 2.75) is 33.2 Å². The maximum atomic E-state index is 13.6. The molecule has 0 bridgehead atoms. The Labute approximate surface area is 131 Å². The molecule has 0 saturated carbocycles. The van der Waals surface area contributed by atoms with E-state index in [9.17, 15) is 4.39 Å². The maximum Gasteiger partial charge on any atom is 0.123 e. The Morgan fingerprint density at radius 1 is 1.10 bits per heavy atom. The fraction of sp³-hybridized carbons (Fsp3) is 0.333. The van der Waals surface area contributed by atoms with Gasteiger partial charge in [-0.25, -0.2) is 4.39 Å². The standard InChI is InChI=1S/C18H21ClFN/c1-4-21-18(15-7-13(3)8-16(20)10-15)11-14-6-5-12(2)9-17(14)19/h5-10,18,21H,4,11H2,1-3H3. The summed E-state index contributed by atoms with van der Waals surface area (Å²) in [5.74, 6) is -0.192. The molecule has 0 aromatic heterocycles. The maximum absolute atomic E-state index is 13.6. The lowest BCUT2D eigenvalue weighted by Gasteiger charge is -2.20. The van der Waals surface area contributed by atoms with Gasteiger partial charge in [0, 0.05) is 11.1 Å². The van der Waals surface area contributed by atoms with E-state index in [2.05, 4.69) is 18.3 Å². The molecule has 2 rings (SSSR count). The van der Waals surface area contributed by atoms with Crippen LogP contribution in [0.25, 0.3) is 0 Å². The first kappa shape index (κ1) is 16.0. The van der Waals surface area contributed by atoms with Gasteiger partial charge in [0.2, 0.25) is 0 Å². The second-order valence-corrected chi connectivity index (χ2v) is 5.88. The van der Waals surface area contributed by atoms with E-state index in [0.29, 0.717) is 0 Å². The zero-order valence-electron chi connectivity index (χ0n) is 12.7. The molecule has 0 spiro atoms. The number of aryl methyl sites for hydroxylation is 2. The number of hydrogen-bond donors (Lipinski definition) is 1. The van der Waals surface area contributed by atoms with E-state index in [-0.39, 0.29) is 11.9 Å². The quantitative estimate of drug-likeness (QED) is 0.820. The lowest BCUT2D eigenvalue weighted by Crippen LogP contribution is -2.23. The van der Waals surface area contributed by atoms with Gasteiger partial charge >= 0.3 is 0 Å². The highest BCUT2D eigenvalue weighted by Gasteiger charge is 2.14. The average molecular weight is 306 g/mol. The van der Waals surface area contributed by atoms with Crippen molar-refractivity contribution in [1.82, 2.24) is 5.32 Å². The second-order valence-electron chi connectivity index (χ2n) is 5.47. The molecule has 2 aromatic carbocycles. The van der Waals surface area contributed by atoms with Crippen molar-refractivity contribution in [2.24, 2.45) is 0 Å². The fourth-order valence-electron chi connectivity index (χ4n) is 2.56. The van der Waals surface area contributed by atoms with E-state index < -0.39 is 0 Å². The molecule has 2 aromatic rings. The van der Waals surface area contributed by atoms with Gasteiger partial charge in [-0.05, 0) is 67.3 Å². The van der Waals surface area contributed by atoms with E-state index >= 15 is 0 Å². The lowest BCUT2D eigenvalue weighted by molar-refractivity contribution is 0.542. The van der Waals surface area contributed by atoms with Crippen LogP contribution in [0.1, 0.15) is 35.2 Å². The molecule has 1 atom stereocenters. The molecule has 0 aliphatic rings. The number of hydrogen-bond acceptors (Lipinski definition) is 1. The van der Waals surface area contributed by atoms with Crippen LogP contribution in [-0.4, -0.2) is 6.54 Å². The highest BCUT2D eigenvalue weighted by molar-refractivity contribution is 6.31. The van der Waals surface area contributed by atoms with Crippen LogP contribution < -0.4 is 5.32 Å². The molecule has 3 heteroatoms. The molecule has 0 amide bonds. The first-order valence-electron chi connectivity index (χ1n) is 7.25. The first-order chi connectivity index (χ1) is 9.99. The van der Waals surface area contributed by atoms with Crippen molar-refractivity contribution in [2.75, 3.05) is 6.54 Å². The third kappa shape index (κ3) is 4.29. The van der Waals surface area contributed by atoms with Crippen molar-refractivity contribution in [3.8, 4) is 0 Å². The smallest absolute Gasteiger partial charge is 0.123 e. The molecule has 0 fully saturated rings. The molecule has 0 radical (unpaired) electrons. The minimum absolute atomic E-state index is 0.0598. The molecule has 0 aliphatic carbocycles. The molecule has 21 heavy (non-hydrogen) atoms. The van der Waals surface area contributed by atoms with Gasteiger partial charge in [-0.1, -0.05) is 36.7 Å². The topological polar surface area (TPSA) is 12.0 Å². The van der Waals surface area contributed by atoms with Crippen molar-refractivity contribution in [3.05, 3.63) is 69.5 Å². The van der Waals surface area contributed by atoms with Crippen LogP contribution >= 0.6 is 11.6 Å². The SMILES string of the molecule is CCNC(Cc1ccc(C)cc1Cl)c1cc(C)cc(F)c1. The summed E-state index contributed by atoms with van der Waals surface area (Å²) in [6.45, 7) is 6.81. The summed E-state index contributed by atoms with van der Waals surface area (Å²) >= 11 is 6.32. The van der Waals surface area contributed by atoms with Crippen LogP contribution in [0, 0.1) is 19.7 Å². The summed E-state index contributed by atoms with van der Waals surface area (Å²) < 4.78 is 13.6. The molecule has 1 nitrogen and oxygen atoms in total. The first-order valence-corrected chi connectivity index (χ1v) is 7.63. The van der Waals surface area contributed by atoms with Crippen LogP contribution in [0.2, 0.25) is 5.02 Å². The van der Waals surface area contributed by atoms with E-state index in [1.54, 1.807) is 12.1 Å². The van der Waals surface area contributed by atoms with Gasteiger partial charge in [-0.15, -0.1) is 0 Å². The van der Waals surface area contributed by atoms with Crippen molar-refractivity contribution in [1.29, 1.82) is 0 Å². The number of rotatable bonds is 5. The summed E-state index contributed by atoms with van der Waals surface area (Å²) in [7, 11) is 0. The Kier molecular flexibility index (Phi) is 5.38. The Balaban J connectivity index is 2.30. The van der Waals surface area contributed by atoms with Gasteiger partial charge in [0.25, 0.3) is 0 Å². The Morgan fingerprint density at radius 3 is 2.48 bits per heavy atom. The molecular formula is C18H21ClFN. The van der Waals surface area contributed by atoms with Crippen molar-refractivity contribution in [3.63, 3.8) is 0 Å². The zero-order valence-corrected chi connectivity index (χ0v) is 13.5. The van der Waals surface area contributed by atoms with Crippen LogP contribution in [0.3, 0.4) is 0 Å². The van der Waals surface area contributed by atoms with Gasteiger partial charge in [0.05, 0.1) is 0 Å². The molecule has 1 unspecified atom stereocenters. The molecule has 0 saturated heterocycles. The lowest BCUT2D eigenvalue weighted by atomic mass is 9.96. The number of benzene rings is 2. The average Bonchev–Trinajstić information content (AvgIpc) is 2.40. The molecular weight excluding hydrogens is 285 g/mol. The summed E-state index contributed by atoms with van der Waals surface area (Å²) in [6, 6.07) is 11.3. The highest BCUT2D eigenvalue weighted by Crippen LogP contribution is 2.25. The van der Waals surface area contributed by atoms with Crippen LogP contribution in [0.4, 0.5) is 4.39 Å². The van der Waals surface area contributed by atoms with Crippen LogP contribution in [0.15, 0.2) is 36.4 Å². The highest BCUT2D eigenvalue weighted by atomic mass is 35.5. The summed E-state index contributed by atoms with van der Waals surface area (Å²) in [5, 5.41) is 4.19. The minimum Gasteiger partial charge on any atom is -0.310 e. The predicted octanol–water partition coefficient (Wildman–Crippen LogP) is 4.99. The Morgan fingerprint density at radius 2 is 1.86 bits per heavy atom. The van der Waals surface area contributed by atoms with Crippen molar-refractivity contribution < 1.29 is 4.39 Å². The normalized spacial score (nSPS) is 12.4. The Bertz CT molecular complexity index is 604. The second kappa shape index (κ2) is 7.06. The minimum atomic E-state index is -0.192. The Hall–Kier alpha value is -1.38. The molecule has 0 aliphatic heterocycles. The van der Waals surface area contributed by atoms with E-state index in [0.717, 1.165) is 40.2 Å². The predicted molar refractivity (Wildman–Crippen MR) is 87.4 cm³/mol. The number of nitrogens with one attached hydrogen (secondary N) is 1. The summed E-state index contributed by atoms with van der Waals surface area (Å²) in [5.41, 5.74) is 4.12.